The first-order valence-corrected chi connectivity index (χ1v) is 6.26. The lowest BCUT2D eigenvalue weighted by atomic mass is 9.99. The van der Waals surface area contributed by atoms with Crippen molar-refractivity contribution in [2.24, 2.45) is 0 Å². The van der Waals surface area contributed by atoms with E-state index in [-0.39, 0.29) is 12.2 Å². The van der Waals surface area contributed by atoms with E-state index in [4.69, 9.17) is 9.84 Å². The summed E-state index contributed by atoms with van der Waals surface area (Å²) in [6, 6.07) is 5.39. The topological polar surface area (TPSA) is 75.6 Å². The van der Waals surface area contributed by atoms with Crippen LogP contribution in [0.25, 0.3) is 0 Å². The lowest BCUT2D eigenvalue weighted by Crippen LogP contribution is -2.54. The number of halogens is 1. The van der Waals surface area contributed by atoms with E-state index in [0.29, 0.717) is 0 Å². The smallest absolute Gasteiger partial charge is 0.329 e. The molecule has 0 aliphatic rings. The zero-order valence-corrected chi connectivity index (χ0v) is 11.6. The first-order valence-electron chi connectivity index (χ1n) is 6.26. The fourth-order valence-electron chi connectivity index (χ4n) is 1.46. The zero-order chi connectivity index (χ0) is 15.3. The predicted molar refractivity (Wildman–Crippen MR) is 71.0 cm³/mol. The number of rotatable bonds is 6. The van der Waals surface area contributed by atoms with Gasteiger partial charge in [0.1, 0.15) is 17.1 Å². The molecule has 110 valence electrons. The van der Waals surface area contributed by atoms with Gasteiger partial charge in [0.05, 0.1) is 0 Å². The van der Waals surface area contributed by atoms with Gasteiger partial charge in [0.2, 0.25) is 0 Å². The van der Waals surface area contributed by atoms with Crippen LogP contribution in [0.15, 0.2) is 24.3 Å². The Morgan fingerprint density at radius 1 is 1.50 bits per heavy atom. The number of hydrogen-bond acceptors (Lipinski definition) is 3. The van der Waals surface area contributed by atoms with Gasteiger partial charge in [-0.2, -0.15) is 0 Å². The lowest BCUT2D eigenvalue weighted by Gasteiger charge is -2.26. The van der Waals surface area contributed by atoms with Gasteiger partial charge in [0, 0.05) is 6.07 Å². The van der Waals surface area contributed by atoms with Crippen molar-refractivity contribution in [2.45, 2.75) is 38.8 Å². The standard InChI is InChI=1S/C14H18FNO4/c1-4-14(3,13(18)19)16-12(17)9(2)20-11-7-5-6-10(15)8-11/h5-9H,4H2,1-3H3,(H,16,17)(H,18,19). The predicted octanol–water partition coefficient (Wildman–Crippen LogP) is 1.96. The lowest BCUT2D eigenvalue weighted by molar-refractivity contribution is -0.148. The molecule has 2 atom stereocenters. The van der Waals surface area contributed by atoms with Crippen LogP contribution in [0.4, 0.5) is 4.39 Å². The van der Waals surface area contributed by atoms with E-state index in [9.17, 15) is 14.0 Å². The van der Waals surface area contributed by atoms with Gasteiger partial charge in [0.15, 0.2) is 6.10 Å². The summed E-state index contributed by atoms with van der Waals surface area (Å²) in [5.41, 5.74) is -1.35. The Kier molecular flexibility index (Phi) is 5.07. The summed E-state index contributed by atoms with van der Waals surface area (Å²) < 4.78 is 18.3. The highest BCUT2D eigenvalue weighted by Crippen LogP contribution is 2.15. The number of carbonyl (C=O) groups excluding carboxylic acids is 1. The maximum Gasteiger partial charge on any atom is 0.329 e. The molecule has 0 radical (unpaired) electrons. The van der Waals surface area contributed by atoms with Gasteiger partial charge in [0.25, 0.3) is 5.91 Å². The van der Waals surface area contributed by atoms with Crippen molar-refractivity contribution in [2.75, 3.05) is 0 Å². The zero-order valence-electron chi connectivity index (χ0n) is 11.6. The monoisotopic (exact) mass is 283 g/mol. The summed E-state index contributed by atoms with van der Waals surface area (Å²) in [6.07, 6.45) is -0.692. The first-order chi connectivity index (χ1) is 9.28. The fraction of sp³-hybridized carbons (Fsp3) is 0.429. The SMILES string of the molecule is CCC(C)(NC(=O)C(C)Oc1cccc(F)c1)C(=O)O. The molecule has 0 aromatic heterocycles. The molecule has 2 unspecified atom stereocenters. The number of amides is 1. The van der Waals surface area contributed by atoms with Gasteiger partial charge in [-0.3, -0.25) is 4.79 Å². The van der Waals surface area contributed by atoms with Gasteiger partial charge in [-0.1, -0.05) is 13.0 Å². The average molecular weight is 283 g/mol. The second-order valence-electron chi connectivity index (χ2n) is 4.70. The second kappa shape index (κ2) is 6.36. The molecule has 1 aromatic rings. The second-order valence-corrected chi connectivity index (χ2v) is 4.70. The molecule has 5 nitrogen and oxygen atoms in total. The number of carboxylic acids is 1. The van der Waals surface area contributed by atoms with Gasteiger partial charge < -0.3 is 15.2 Å². The number of nitrogens with one attached hydrogen (secondary N) is 1. The molecular weight excluding hydrogens is 265 g/mol. The Hall–Kier alpha value is -2.11. The van der Waals surface area contributed by atoms with Crippen molar-refractivity contribution in [3.05, 3.63) is 30.1 Å². The molecule has 0 saturated heterocycles. The molecule has 20 heavy (non-hydrogen) atoms. The van der Waals surface area contributed by atoms with Gasteiger partial charge >= 0.3 is 5.97 Å². The number of ether oxygens (including phenoxy) is 1. The number of benzene rings is 1. The Morgan fingerprint density at radius 2 is 2.15 bits per heavy atom. The van der Waals surface area contributed by atoms with Crippen LogP contribution in [-0.4, -0.2) is 28.6 Å². The number of carboxylic acid groups (broad SMARTS) is 1. The molecule has 0 heterocycles. The molecule has 0 aliphatic carbocycles. The minimum Gasteiger partial charge on any atom is -0.481 e. The Morgan fingerprint density at radius 3 is 2.65 bits per heavy atom. The van der Waals surface area contributed by atoms with Crippen molar-refractivity contribution in [3.8, 4) is 5.75 Å². The van der Waals surface area contributed by atoms with Crippen molar-refractivity contribution in [1.82, 2.24) is 5.32 Å². The number of aliphatic carboxylic acids is 1. The van der Waals surface area contributed by atoms with Crippen LogP contribution in [0.1, 0.15) is 27.2 Å². The molecule has 0 fully saturated rings. The van der Waals surface area contributed by atoms with Gasteiger partial charge in [-0.25, -0.2) is 9.18 Å². The van der Waals surface area contributed by atoms with E-state index in [1.165, 1.54) is 32.0 Å². The minimum absolute atomic E-state index is 0.209. The fourth-order valence-corrected chi connectivity index (χ4v) is 1.46. The maximum atomic E-state index is 13.0. The molecule has 1 amide bonds. The average Bonchev–Trinajstić information content (AvgIpc) is 2.38. The van der Waals surface area contributed by atoms with Gasteiger partial charge in [-0.05, 0) is 32.4 Å². The van der Waals surface area contributed by atoms with E-state index >= 15 is 0 Å². The van der Waals surface area contributed by atoms with E-state index in [1.807, 2.05) is 0 Å². The van der Waals surface area contributed by atoms with Crippen LogP contribution in [-0.2, 0) is 9.59 Å². The number of carbonyl (C=O) groups is 2. The van der Waals surface area contributed by atoms with E-state index in [2.05, 4.69) is 5.32 Å². The van der Waals surface area contributed by atoms with Crippen molar-refractivity contribution in [3.63, 3.8) is 0 Å². The normalized spacial score (nSPS) is 15.0. The Labute approximate surface area is 116 Å². The highest BCUT2D eigenvalue weighted by molar-refractivity contribution is 5.88. The molecule has 0 saturated carbocycles. The van der Waals surface area contributed by atoms with Crippen molar-refractivity contribution >= 4 is 11.9 Å². The molecule has 0 spiro atoms. The third-order valence-electron chi connectivity index (χ3n) is 3.06. The molecule has 2 N–H and O–H groups in total. The van der Waals surface area contributed by atoms with Crippen LogP contribution in [0.3, 0.4) is 0 Å². The summed E-state index contributed by atoms with van der Waals surface area (Å²) in [5, 5.41) is 11.5. The van der Waals surface area contributed by atoms with E-state index in [0.717, 1.165) is 6.07 Å². The molecule has 1 aromatic carbocycles. The Balaban J connectivity index is 2.70. The summed E-state index contributed by atoms with van der Waals surface area (Å²) >= 11 is 0. The van der Waals surface area contributed by atoms with E-state index < -0.39 is 29.3 Å². The highest BCUT2D eigenvalue weighted by Gasteiger charge is 2.34. The summed E-state index contributed by atoms with van der Waals surface area (Å²) in [5.74, 6) is -1.95. The summed E-state index contributed by atoms with van der Waals surface area (Å²) in [4.78, 5) is 23.0. The largest absolute Gasteiger partial charge is 0.481 e. The first kappa shape index (κ1) is 15.9. The quantitative estimate of drug-likeness (QED) is 0.837. The van der Waals surface area contributed by atoms with Crippen LogP contribution >= 0.6 is 0 Å². The number of hydrogen-bond donors (Lipinski definition) is 2. The summed E-state index contributed by atoms with van der Waals surface area (Å²) in [6.45, 7) is 4.55. The molecular formula is C14H18FNO4. The molecule has 0 bridgehead atoms. The summed E-state index contributed by atoms with van der Waals surface area (Å²) in [7, 11) is 0. The van der Waals surface area contributed by atoms with Crippen molar-refractivity contribution in [1.29, 1.82) is 0 Å². The third kappa shape index (κ3) is 3.94. The van der Waals surface area contributed by atoms with Crippen LogP contribution in [0.5, 0.6) is 5.75 Å². The van der Waals surface area contributed by atoms with Crippen LogP contribution < -0.4 is 10.1 Å². The van der Waals surface area contributed by atoms with Crippen LogP contribution in [0.2, 0.25) is 0 Å². The Bertz CT molecular complexity index is 506. The van der Waals surface area contributed by atoms with E-state index in [1.54, 1.807) is 6.92 Å². The van der Waals surface area contributed by atoms with Crippen LogP contribution in [0, 0.1) is 5.82 Å². The van der Waals surface area contributed by atoms with Crippen molar-refractivity contribution < 1.29 is 23.8 Å². The minimum atomic E-state index is -1.35. The molecule has 0 aliphatic heterocycles. The maximum absolute atomic E-state index is 13.0. The highest BCUT2D eigenvalue weighted by atomic mass is 19.1. The van der Waals surface area contributed by atoms with Gasteiger partial charge in [-0.15, -0.1) is 0 Å². The molecule has 1 rings (SSSR count). The third-order valence-corrected chi connectivity index (χ3v) is 3.06. The molecule has 6 heteroatoms.